The quantitative estimate of drug-likeness (QED) is 0.0730. The Bertz CT molecular complexity index is 1990. The van der Waals surface area contributed by atoms with Crippen molar-refractivity contribution in [3.05, 3.63) is 77.8 Å². The summed E-state index contributed by atoms with van der Waals surface area (Å²) in [6, 6.07) is 6.27. The number of carbonyl (C=O) groups is 6. The van der Waals surface area contributed by atoms with Gasteiger partial charge in [-0.3, -0.25) is 24.0 Å². The van der Waals surface area contributed by atoms with Crippen LogP contribution < -0.4 is 27.0 Å². The molecule has 61 heavy (non-hydrogen) atoms. The normalized spacial score (nSPS) is 14.0. The molecular weight excluding hydrogens is 795 g/mol. The smallest absolute Gasteiger partial charge is 0.326 e. The molecule has 0 radical (unpaired) electrons. The number of hydrogen-bond donors (Lipinski definition) is 7. The number of carbonyl (C=O) groups excluding carboxylic acids is 5. The fraction of sp³-hybridized carbons (Fsp3) is 0.512. The molecule has 1 aromatic heterocycles. The van der Waals surface area contributed by atoms with Gasteiger partial charge in [-0.15, -0.1) is 0 Å². The summed E-state index contributed by atoms with van der Waals surface area (Å²) in [5.41, 5.74) is 5.50. The van der Waals surface area contributed by atoms with E-state index in [4.69, 9.17) is 10.7 Å². The SMILES string of the molecule is CC(=O)N[C@@H](CCCCN)C(=O)N[C@H](C(=O)N[C@@H](C)C(=O)N[C@@H](CCN(C(=O)CO)[C@@H](c1nc(-c2cc(F)ccc2F)cn1Cc1ccccc1)C(C)(C)C)C(=O)O)C(C)C. The molecule has 0 saturated heterocycles. The van der Waals surface area contributed by atoms with E-state index in [0.29, 0.717) is 19.4 Å². The second-order valence-corrected chi connectivity index (χ2v) is 16.4. The van der Waals surface area contributed by atoms with Gasteiger partial charge in [-0.2, -0.15) is 0 Å². The van der Waals surface area contributed by atoms with E-state index in [9.17, 15) is 43.4 Å². The van der Waals surface area contributed by atoms with Gasteiger partial charge < -0.3 is 46.7 Å². The van der Waals surface area contributed by atoms with Crippen molar-refractivity contribution in [1.82, 2.24) is 35.7 Å². The predicted molar refractivity (Wildman–Crippen MR) is 223 cm³/mol. The molecule has 334 valence electrons. The summed E-state index contributed by atoms with van der Waals surface area (Å²) in [5.74, 6) is -6.49. The monoisotopic (exact) mass is 854 g/mol. The molecule has 3 aromatic rings. The number of nitrogens with zero attached hydrogens (tertiary/aromatic N) is 3. The number of aromatic nitrogens is 2. The van der Waals surface area contributed by atoms with Gasteiger partial charge in [0.2, 0.25) is 29.5 Å². The molecule has 0 unspecified atom stereocenters. The number of aliphatic hydroxyl groups is 1. The highest BCUT2D eigenvalue weighted by Crippen LogP contribution is 2.39. The molecule has 3 rings (SSSR count). The van der Waals surface area contributed by atoms with Gasteiger partial charge in [0, 0.05) is 31.8 Å². The summed E-state index contributed by atoms with van der Waals surface area (Å²) in [5, 5.41) is 30.6. The van der Waals surface area contributed by atoms with E-state index in [1.165, 1.54) is 24.9 Å². The molecule has 16 nitrogen and oxygen atoms in total. The van der Waals surface area contributed by atoms with Gasteiger partial charge in [0.05, 0.1) is 11.7 Å². The van der Waals surface area contributed by atoms with Crippen LogP contribution >= 0.6 is 0 Å². The Morgan fingerprint density at radius 2 is 1.54 bits per heavy atom. The molecule has 0 bridgehead atoms. The summed E-state index contributed by atoms with van der Waals surface area (Å²) >= 11 is 0. The number of unbranched alkanes of at least 4 members (excludes halogenated alkanes) is 1. The molecule has 5 atom stereocenters. The topological polar surface area (TPSA) is 238 Å². The number of aliphatic hydroxyl groups excluding tert-OH is 1. The fourth-order valence-electron chi connectivity index (χ4n) is 6.85. The number of imidazole rings is 1. The molecule has 0 spiro atoms. The van der Waals surface area contributed by atoms with Crippen LogP contribution in [0.4, 0.5) is 8.78 Å². The van der Waals surface area contributed by atoms with Crippen molar-refractivity contribution in [3.63, 3.8) is 0 Å². The lowest BCUT2D eigenvalue weighted by Gasteiger charge is -2.40. The van der Waals surface area contributed by atoms with Gasteiger partial charge >= 0.3 is 5.97 Å². The molecule has 0 aliphatic carbocycles. The minimum atomic E-state index is -1.59. The lowest BCUT2D eigenvalue weighted by Crippen LogP contribution is -2.58. The van der Waals surface area contributed by atoms with Crippen LogP contribution in [0.5, 0.6) is 0 Å². The Balaban J connectivity index is 1.88. The highest BCUT2D eigenvalue weighted by molar-refractivity contribution is 5.95. The van der Waals surface area contributed by atoms with Crippen LogP contribution in [0.2, 0.25) is 0 Å². The summed E-state index contributed by atoms with van der Waals surface area (Å²) < 4.78 is 31.2. The Hall–Kier alpha value is -5.75. The largest absolute Gasteiger partial charge is 0.480 e. The van der Waals surface area contributed by atoms with Crippen molar-refractivity contribution in [2.24, 2.45) is 17.1 Å². The summed E-state index contributed by atoms with van der Waals surface area (Å²) in [7, 11) is 0. The first-order valence-corrected chi connectivity index (χ1v) is 20.3. The van der Waals surface area contributed by atoms with Crippen LogP contribution in [0.1, 0.15) is 91.6 Å². The van der Waals surface area contributed by atoms with Crippen LogP contribution in [0.15, 0.2) is 54.7 Å². The highest BCUT2D eigenvalue weighted by Gasteiger charge is 2.39. The number of carboxylic acid groups (broad SMARTS) is 1. The second-order valence-electron chi connectivity index (χ2n) is 16.4. The first kappa shape index (κ1) is 49.6. The Morgan fingerprint density at radius 1 is 0.869 bits per heavy atom. The fourth-order valence-corrected chi connectivity index (χ4v) is 6.85. The molecule has 18 heteroatoms. The van der Waals surface area contributed by atoms with Crippen molar-refractivity contribution in [2.45, 2.75) is 111 Å². The highest BCUT2D eigenvalue weighted by atomic mass is 19.1. The number of aliphatic carboxylic acids is 1. The molecular formula is C43H60F2N8O8. The number of nitrogens with one attached hydrogen (secondary N) is 4. The standard InChI is InChI=1S/C43H60F2N8O8/c1-25(2)36(51-40(58)32(48-27(4)55)15-11-12-19-46)41(59)47-26(3)39(57)50-33(42(60)61)18-20-53(35(56)24-54)37(43(5,6)7)38-49-34(30-21-29(44)16-17-31(30)45)23-52(38)22-28-13-9-8-10-14-28/h8-10,13-14,16-17,21,23,25-26,32-33,36-37,54H,11-12,15,18-20,22,24,46H2,1-7H3,(H,47,59)(H,48,55)(H,50,57)(H,51,58)(H,60,61)/t26-,32-,33-,36-,37-/m0/s1. The minimum Gasteiger partial charge on any atom is -0.480 e. The van der Waals surface area contributed by atoms with E-state index in [0.717, 1.165) is 23.8 Å². The maximum Gasteiger partial charge on any atom is 0.326 e. The van der Waals surface area contributed by atoms with Crippen LogP contribution in [0, 0.1) is 23.0 Å². The second kappa shape index (κ2) is 22.7. The van der Waals surface area contributed by atoms with Gasteiger partial charge in [-0.25, -0.2) is 18.6 Å². The Kier molecular flexibility index (Phi) is 18.5. The van der Waals surface area contributed by atoms with Crippen molar-refractivity contribution >= 4 is 35.5 Å². The lowest BCUT2D eigenvalue weighted by atomic mass is 9.84. The van der Waals surface area contributed by atoms with E-state index in [2.05, 4.69) is 21.3 Å². The third kappa shape index (κ3) is 14.4. The zero-order valence-corrected chi connectivity index (χ0v) is 35.8. The maximum atomic E-state index is 15.1. The first-order chi connectivity index (χ1) is 28.7. The molecule has 5 amide bonds. The third-order valence-corrected chi connectivity index (χ3v) is 9.95. The molecule has 0 aliphatic rings. The lowest BCUT2D eigenvalue weighted by molar-refractivity contribution is -0.144. The average molecular weight is 855 g/mol. The third-order valence-electron chi connectivity index (χ3n) is 9.95. The van der Waals surface area contributed by atoms with E-state index in [-0.39, 0.29) is 43.0 Å². The van der Waals surface area contributed by atoms with Crippen molar-refractivity contribution in [3.8, 4) is 11.3 Å². The zero-order valence-electron chi connectivity index (χ0n) is 35.8. The van der Waals surface area contributed by atoms with E-state index < -0.39 is 95.3 Å². The number of halogens is 2. The van der Waals surface area contributed by atoms with Crippen LogP contribution in [0.3, 0.4) is 0 Å². The number of nitrogens with two attached hydrogens (primary N) is 1. The zero-order chi connectivity index (χ0) is 45.6. The number of rotatable bonds is 22. The first-order valence-electron chi connectivity index (χ1n) is 20.3. The van der Waals surface area contributed by atoms with Gasteiger partial charge in [0.25, 0.3) is 0 Å². The molecule has 1 heterocycles. The minimum absolute atomic E-state index is 0.0783. The van der Waals surface area contributed by atoms with Crippen LogP contribution in [-0.2, 0) is 35.3 Å². The average Bonchev–Trinajstić information content (AvgIpc) is 3.59. The molecule has 0 fully saturated rings. The van der Waals surface area contributed by atoms with Crippen LogP contribution in [-0.4, -0.2) is 104 Å². The number of amides is 5. The summed E-state index contributed by atoms with van der Waals surface area (Å²) in [4.78, 5) is 83.9. The van der Waals surface area contributed by atoms with Crippen molar-refractivity contribution < 1.29 is 47.8 Å². The van der Waals surface area contributed by atoms with Gasteiger partial charge in [0.1, 0.15) is 48.2 Å². The molecule has 2 aromatic carbocycles. The maximum absolute atomic E-state index is 15.1. The summed E-state index contributed by atoms with van der Waals surface area (Å²) in [6.45, 7) is 10.7. The van der Waals surface area contributed by atoms with Gasteiger partial charge in [-0.05, 0) is 74.2 Å². The molecule has 0 saturated carbocycles. The van der Waals surface area contributed by atoms with Crippen molar-refractivity contribution in [1.29, 1.82) is 0 Å². The van der Waals surface area contributed by atoms with Crippen LogP contribution in [0.25, 0.3) is 11.3 Å². The number of benzene rings is 2. The van der Waals surface area contributed by atoms with E-state index in [1.807, 2.05) is 30.3 Å². The number of carboxylic acids is 1. The molecule has 0 aliphatic heterocycles. The summed E-state index contributed by atoms with van der Waals surface area (Å²) in [6.07, 6.45) is 2.64. The molecule has 8 N–H and O–H groups in total. The van der Waals surface area contributed by atoms with E-state index in [1.54, 1.807) is 39.2 Å². The number of hydrogen-bond acceptors (Lipinski definition) is 9. The Morgan fingerprint density at radius 3 is 2.11 bits per heavy atom. The van der Waals surface area contributed by atoms with Gasteiger partial charge in [-0.1, -0.05) is 65.0 Å². The Labute approximate surface area is 355 Å². The van der Waals surface area contributed by atoms with Crippen molar-refractivity contribution in [2.75, 3.05) is 19.7 Å². The predicted octanol–water partition coefficient (Wildman–Crippen LogP) is 3.02. The van der Waals surface area contributed by atoms with E-state index >= 15 is 4.39 Å². The van der Waals surface area contributed by atoms with Gasteiger partial charge in [0.15, 0.2) is 0 Å².